The topological polar surface area (TPSA) is 62.2 Å². The van der Waals surface area contributed by atoms with Gasteiger partial charge in [0.2, 0.25) is 0 Å². The molecule has 0 spiro atoms. The third-order valence-corrected chi connectivity index (χ3v) is 6.03. The van der Waals surface area contributed by atoms with Crippen LogP contribution in [0.2, 0.25) is 0 Å². The summed E-state index contributed by atoms with van der Waals surface area (Å²) in [4.78, 5) is 16.3. The molecule has 1 aromatic heterocycles. The van der Waals surface area contributed by atoms with E-state index < -0.39 is 6.09 Å². The Bertz CT molecular complexity index is 1140. The first-order valence-electron chi connectivity index (χ1n) is 10.7. The third kappa shape index (κ3) is 5.86. The molecule has 1 heterocycles. The summed E-state index contributed by atoms with van der Waals surface area (Å²) in [5.41, 5.74) is 8.14. The fourth-order valence-corrected chi connectivity index (χ4v) is 4.18. The number of halogens is 1. The normalized spacial score (nSPS) is 11.3. The highest BCUT2D eigenvalue weighted by molar-refractivity contribution is 9.10. The molecule has 166 valence electrons. The van der Waals surface area contributed by atoms with E-state index in [4.69, 9.17) is 4.98 Å². The molecule has 0 aliphatic carbocycles. The zero-order chi connectivity index (χ0) is 23.3. The van der Waals surface area contributed by atoms with E-state index in [1.807, 2.05) is 25.1 Å². The van der Waals surface area contributed by atoms with Gasteiger partial charge in [0.15, 0.2) is 0 Å². The van der Waals surface area contributed by atoms with Crippen molar-refractivity contribution in [3.05, 3.63) is 86.6 Å². The Morgan fingerprint density at radius 2 is 1.78 bits per heavy atom. The predicted octanol–water partition coefficient (Wildman–Crippen LogP) is 7.26. The molecule has 0 unspecified atom stereocenters. The molecule has 1 amide bonds. The second-order valence-electron chi connectivity index (χ2n) is 8.39. The molecule has 0 bridgehead atoms. The van der Waals surface area contributed by atoms with Crippen LogP contribution in [0.5, 0.6) is 0 Å². The van der Waals surface area contributed by atoms with Crippen LogP contribution in [-0.4, -0.2) is 16.2 Å². The minimum Gasteiger partial charge on any atom is -0.465 e. The number of benzene rings is 2. The average Bonchev–Trinajstić information content (AvgIpc) is 2.73. The van der Waals surface area contributed by atoms with E-state index in [1.54, 1.807) is 0 Å². The van der Waals surface area contributed by atoms with Crippen molar-refractivity contribution < 1.29 is 9.90 Å². The molecule has 3 rings (SSSR count). The average molecular weight is 493 g/mol. The summed E-state index contributed by atoms with van der Waals surface area (Å²) in [5, 5.41) is 11.9. The van der Waals surface area contributed by atoms with E-state index in [9.17, 15) is 9.90 Å². The van der Waals surface area contributed by atoms with Crippen molar-refractivity contribution in [3.63, 3.8) is 0 Å². The van der Waals surface area contributed by atoms with Crippen molar-refractivity contribution in [2.45, 2.75) is 40.7 Å². The zero-order valence-corrected chi connectivity index (χ0v) is 20.5. The maximum Gasteiger partial charge on any atom is 0.404 e. The number of pyridine rings is 1. The van der Waals surface area contributed by atoms with Gasteiger partial charge < -0.3 is 10.4 Å². The van der Waals surface area contributed by atoms with Gasteiger partial charge in [0.05, 0.1) is 0 Å². The summed E-state index contributed by atoms with van der Waals surface area (Å²) >= 11 is 3.61. The van der Waals surface area contributed by atoms with Crippen LogP contribution >= 0.6 is 15.9 Å². The smallest absolute Gasteiger partial charge is 0.404 e. The Morgan fingerprint density at radius 3 is 2.41 bits per heavy atom. The van der Waals surface area contributed by atoms with Gasteiger partial charge in [0.25, 0.3) is 0 Å². The molecule has 2 N–H and O–H groups in total. The van der Waals surface area contributed by atoms with E-state index in [2.05, 4.69) is 84.5 Å². The number of aromatic nitrogens is 1. The number of rotatable bonds is 7. The van der Waals surface area contributed by atoms with Gasteiger partial charge in [-0.1, -0.05) is 90.0 Å². The molecule has 5 heteroatoms. The minimum atomic E-state index is -1.04. The lowest BCUT2D eigenvalue weighted by Gasteiger charge is -2.20. The first kappa shape index (κ1) is 23.7. The Hall–Kier alpha value is -2.92. The molecule has 2 aromatic carbocycles. The van der Waals surface area contributed by atoms with Crippen molar-refractivity contribution in [2.24, 2.45) is 5.92 Å². The van der Waals surface area contributed by atoms with Gasteiger partial charge in [-0.05, 0) is 48.9 Å². The van der Waals surface area contributed by atoms with Crippen LogP contribution in [0.4, 0.5) is 4.79 Å². The summed E-state index contributed by atoms with van der Waals surface area (Å²) in [7, 11) is 0. The third-order valence-electron chi connectivity index (χ3n) is 5.30. The van der Waals surface area contributed by atoms with Crippen LogP contribution in [0.1, 0.15) is 47.5 Å². The van der Waals surface area contributed by atoms with Gasteiger partial charge in [0.1, 0.15) is 0 Å². The van der Waals surface area contributed by atoms with Crippen LogP contribution in [0.25, 0.3) is 23.3 Å². The molecule has 0 saturated carbocycles. The molecule has 0 aliphatic heterocycles. The van der Waals surface area contributed by atoms with Crippen LogP contribution in [0.3, 0.4) is 0 Å². The maximum absolute atomic E-state index is 11.3. The summed E-state index contributed by atoms with van der Waals surface area (Å²) in [6, 6.07) is 16.4. The maximum atomic E-state index is 11.3. The predicted molar refractivity (Wildman–Crippen MR) is 136 cm³/mol. The second kappa shape index (κ2) is 10.6. The minimum absolute atomic E-state index is 0.212. The van der Waals surface area contributed by atoms with E-state index in [1.165, 1.54) is 5.56 Å². The van der Waals surface area contributed by atoms with Gasteiger partial charge in [-0.2, -0.15) is 0 Å². The molecule has 0 saturated heterocycles. The fourth-order valence-electron chi connectivity index (χ4n) is 3.77. The van der Waals surface area contributed by atoms with Crippen molar-refractivity contribution in [1.29, 1.82) is 0 Å². The van der Waals surface area contributed by atoms with E-state index in [0.717, 1.165) is 50.1 Å². The molecule has 4 nitrogen and oxygen atoms in total. The Kier molecular flexibility index (Phi) is 7.86. The second-order valence-corrected chi connectivity index (χ2v) is 9.24. The van der Waals surface area contributed by atoms with E-state index in [-0.39, 0.29) is 6.54 Å². The number of aryl methyl sites for hydroxylation is 2. The SMILES string of the molecule is Cc1ccc(-c2c(/C=C/c3ccccc3Br)c(C)nc(CC(C)C)c2CNC(=O)O)cc1. The molecular formula is C27H29BrN2O2. The molecule has 0 atom stereocenters. The van der Waals surface area contributed by atoms with Gasteiger partial charge in [0, 0.05) is 33.5 Å². The fraction of sp³-hybridized carbons (Fsp3) is 0.259. The Morgan fingerprint density at radius 1 is 1.09 bits per heavy atom. The van der Waals surface area contributed by atoms with Crippen molar-refractivity contribution in [3.8, 4) is 11.1 Å². The largest absolute Gasteiger partial charge is 0.465 e. The van der Waals surface area contributed by atoms with Gasteiger partial charge >= 0.3 is 6.09 Å². The molecule has 3 aromatic rings. The zero-order valence-electron chi connectivity index (χ0n) is 18.9. The summed E-state index contributed by atoms with van der Waals surface area (Å²) < 4.78 is 1.02. The summed E-state index contributed by atoms with van der Waals surface area (Å²) in [6.45, 7) is 8.60. The standard InChI is InChI=1S/C27H29BrN2O2/c1-17(2)15-25-23(16-29-27(31)32)26(21-11-9-18(3)10-12-21)22(19(4)30-25)14-13-20-7-5-6-8-24(20)28/h5-14,17,29H,15-16H2,1-4H3,(H,31,32)/b14-13+. The number of carbonyl (C=O) groups is 1. The lowest BCUT2D eigenvalue weighted by atomic mass is 9.89. The van der Waals surface area contributed by atoms with Crippen molar-refractivity contribution in [2.75, 3.05) is 0 Å². The van der Waals surface area contributed by atoms with Gasteiger partial charge in [-0.15, -0.1) is 0 Å². The summed E-state index contributed by atoms with van der Waals surface area (Å²) in [5.74, 6) is 0.401. The Labute approximate surface area is 198 Å². The van der Waals surface area contributed by atoms with Gasteiger partial charge in [-0.3, -0.25) is 4.98 Å². The van der Waals surface area contributed by atoms with Crippen molar-refractivity contribution in [1.82, 2.24) is 10.3 Å². The lowest BCUT2D eigenvalue weighted by molar-refractivity contribution is 0.194. The highest BCUT2D eigenvalue weighted by atomic mass is 79.9. The number of carboxylic acid groups (broad SMARTS) is 1. The number of hydrogen-bond donors (Lipinski definition) is 2. The monoisotopic (exact) mass is 492 g/mol. The first-order valence-corrected chi connectivity index (χ1v) is 11.5. The highest BCUT2D eigenvalue weighted by Crippen LogP contribution is 2.34. The van der Waals surface area contributed by atoms with Crippen LogP contribution in [-0.2, 0) is 13.0 Å². The Balaban J connectivity index is 2.26. The van der Waals surface area contributed by atoms with E-state index >= 15 is 0 Å². The quantitative estimate of drug-likeness (QED) is 0.364. The van der Waals surface area contributed by atoms with Crippen LogP contribution in [0.15, 0.2) is 53.0 Å². The molecule has 0 radical (unpaired) electrons. The van der Waals surface area contributed by atoms with Gasteiger partial charge in [-0.25, -0.2) is 4.79 Å². The molecule has 0 aliphatic rings. The molecule has 32 heavy (non-hydrogen) atoms. The first-order chi connectivity index (χ1) is 15.3. The van der Waals surface area contributed by atoms with Crippen LogP contribution in [0, 0.1) is 19.8 Å². The van der Waals surface area contributed by atoms with Crippen molar-refractivity contribution >= 4 is 34.2 Å². The number of hydrogen-bond acceptors (Lipinski definition) is 2. The van der Waals surface area contributed by atoms with Crippen LogP contribution < -0.4 is 5.32 Å². The number of nitrogens with one attached hydrogen (secondary N) is 1. The van der Waals surface area contributed by atoms with E-state index in [0.29, 0.717) is 5.92 Å². The summed E-state index contributed by atoms with van der Waals surface area (Å²) in [6.07, 6.45) is 3.90. The number of nitrogens with zero attached hydrogens (tertiary/aromatic N) is 1. The molecular weight excluding hydrogens is 464 g/mol. The lowest BCUT2D eigenvalue weighted by Crippen LogP contribution is -2.22. The molecule has 0 fully saturated rings. The highest BCUT2D eigenvalue weighted by Gasteiger charge is 2.19. The number of amides is 1.